The number of anilines is 1. The van der Waals surface area contributed by atoms with Gasteiger partial charge in [0.15, 0.2) is 0 Å². The molecule has 2 aromatic rings. The second-order valence-corrected chi connectivity index (χ2v) is 9.56. The fourth-order valence-electron chi connectivity index (χ4n) is 3.49. The molecule has 0 aliphatic carbocycles. The summed E-state index contributed by atoms with van der Waals surface area (Å²) in [6.45, 7) is 0.207. The average Bonchev–Trinajstić information content (AvgIpc) is 3.37. The Morgan fingerprint density at radius 1 is 1.29 bits per heavy atom. The molecule has 1 aromatic heterocycles. The van der Waals surface area contributed by atoms with Gasteiger partial charge in [0.25, 0.3) is 5.91 Å². The first kappa shape index (κ1) is 25.2. The summed E-state index contributed by atoms with van der Waals surface area (Å²) in [5, 5.41) is 4.42. The highest BCUT2D eigenvalue weighted by molar-refractivity contribution is 7.89. The Hall–Kier alpha value is -3.40. The Bertz CT molecular complexity index is 1320. The lowest BCUT2D eigenvalue weighted by atomic mass is 10.2. The molecular formula is C21H21ClFN5O5S. The molecule has 3 amide bonds. The largest absolute Gasteiger partial charge is 0.351 e. The van der Waals surface area contributed by atoms with Gasteiger partial charge in [-0.25, -0.2) is 17.5 Å². The van der Waals surface area contributed by atoms with Crippen LogP contribution in [0.25, 0.3) is 0 Å². The number of halogens is 2. The zero-order valence-corrected chi connectivity index (χ0v) is 19.8. The van der Waals surface area contributed by atoms with E-state index in [1.54, 1.807) is 0 Å². The number of amides is 3. The number of benzene rings is 1. The number of carbonyl (C=O) groups is 3. The van der Waals surface area contributed by atoms with Crippen LogP contribution in [-0.4, -0.2) is 61.8 Å². The van der Waals surface area contributed by atoms with Gasteiger partial charge < -0.3 is 20.1 Å². The number of sulfonamides is 1. The van der Waals surface area contributed by atoms with Gasteiger partial charge in [0, 0.05) is 45.1 Å². The minimum atomic E-state index is -4.17. The van der Waals surface area contributed by atoms with E-state index < -0.39 is 39.6 Å². The Kier molecular flexibility index (Phi) is 7.30. The van der Waals surface area contributed by atoms with Crippen LogP contribution in [0.5, 0.6) is 0 Å². The van der Waals surface area contributed by atoms with Crippen molar-refractivity contribution in [2.45, 2.75) is 17.4 Å². The summed E-state index contributed by atoms with van der Waals surface area (Å²) in [6.07, 6.45) is 6.71. The van der Waals surface area contributed by atoms with Crippen LogP contribution in [-0.2, 0) is 26.7 Å². The SMILES string of the molecule is C#Cc1cc(NC(=O)c2c(Cl)c(S(=O)(=O)N[C@@H]3CCN(C(=O)C(=O)NC)C3)cn2C)ccc1F. The van der Waals surface area contributed by atoms with Crippen molar-refractivity contribution in [3.63, 3.8) is 0 Å². The summed E-state index contributed by atoms with van der Waals surface area (Å²) in [6, 6.07) is 3.01. The van der Waals surface area contributed by atoms with Crippen molar-refractivity contribution in [3.8, 4) is 12.3 Å². The van der Waals surface area contributed by atoms with E-state index in [9.17, 15) is 27.2 Å². The quantitative estimate of drug-likeness (QED) is 0.403. The first-order valence-corrected chi connectivity index (χ1v) is 11.8. The van der Waals surface area contributed by atoms with Gasteiger partial charge in [0.2, 0.25) is 10.0 Å². The van der Waals surface area contributed by atoms with Gasteiger partial charge in [-0.15, -0.1) is 6.42 Å². The molecule has 180 valence electrons. The number of likely N-dealkylation sites (tertiary alicyclic amines) is 1. The fourth-order valence-corrected chi connectivity index (χ4v) is 5.45. The van der Waals surface area contributed by atoms with Crippen molar-refractivity contribution in [1.82, 2.24) is 19.5 Å². The minimum Gasteiger partial charge on any atom is -0.351 e. The number of hydrogen-bond acceptors (Lipinski definition) is 5. The third-order valence-corrected chi connectivity index (χ3v) is 7.22. The highest BCUT2D eigenvalue weighted by atomic mass is 35.5. The highest BCUT2D eigenvalue weighted by Crippen LogP contribution is 2.29. The van der Waals surface area contributed by atoms with Crippen LogP contribution in [0.4, 0.5) is 10.1 Å². The van der Waals surface area contributed by atoms with E-state index in [1.165, 1.54) is 41.9 Å². The second kappa shape index (κ2) is 9.84. The first-order valence-electron chi connectivity index (χ1n) is 9.94. The van der Waals surface area contributed by atoms with Crippen LogP contribution in [0, 0.1) is 18.2 Å². The minimum absolute atomic E-state index is 0.00532. The molecular weight excluding hydrogens is 489 g/mol. The number of hydrogen-bond donors (Lipinski definition) is 3. The lowest BCUT2D eigenvalue weighted by molar-refractivity contribution is -0.144. The third kappa shape index (κ3) is 5.06. The summed E-state index contributed by atoms with van der Waals surface area (Å²) >= 11 is 6.27. The maximum atomic E-state index is 13.6. The van der Waals surface area contributed by atoms with E-state index in [1.807, 2.05) is 0 Å². The van der Waals surface area contributed by atoms with Crippen molar-refractivity contribution in [2.75, 3.05) is 25.5 Å². The van der Waals surface area contributed by atoms with Crippen molar-refractivity contribution >= 4 is 45.0 Å². The van der Waals surface area contributed by atoms with Crippen LogP contribution in [0.2, 0.25) is 5.02 Å². The lowest BCUT2D eigenvalue weighted by Crippen LogP contribution is -2.43. The Morgan fingerprint density at radius 2 is 2.00 bits per heavy atom. The predicted octanol–water partition coefficient (Wildman–Crippen LogP) is 0.676. The molecule has 0 unspecified atom stereocenters. The van der Waals surface area contributed by atoms with Crippen molar-refractivity contribution < 1.29 is 27.2 Å². The van der Waals surface area contributed by atoms with Gasteiger partial charge in [-0.3, -0.25) is 14.4 Å². The molecule has 0 spiro atoms. The van der Waals surface area contributed by atoms with Crippen LogP contribution in [0.15, 0.2) is 29.3 Å². The molecule has 13 heteroatoms. The summed E-state index contributed by atoms with van der Waals surface area (Å²) in [5.74, 6) is -0.744. The molecule has 34 heavy (non-hydrogen) atoms. The molecule has 3 rings (SSSR count). The van der Waals surface area contributed by atoms with Gasteiger partial charge in [-0.1, -0.05) is 17.5 Å². The van der Waals surface area contributed by atoms with E-state index in [-0.39, 0.29) is 40.0 Å². The van der Waals surface area contributed by atoms with E-state index in [2.05, 4.69) is 21.3 Å². The summed E-state index contributed by atoms with van der Waals surface area (Å²) in [7, 11) is -1.40. The first-order chi connectivity index (χ1) is 16.0. The van der Waals surface area contributed by atoms with Crippen LogP contribution < -0.4 is 15.4 Å². The average molecular weight is 510 g/mol. The molecule has 1 atom stereocenters. The maximum Gasteiger partial charge on any atom is 0.311 e. The highest BCUT2D eigenvalue weighted by Gasteiger charge is 2.34. The molecule has 1 fully saturated rings. The molecule has 1 aliphatic rings. The second-order valence-electron chi connectivity index (χ2n) is 7.50. The molecule has 0 radical (unpaired) electrons. The lowest BCUT2D eigenvalue weighted by Gasteiger charge is -2.16. The van der Waals surface area contributed by atoms with E-state index in [0.717, 1.165) is 6.07 Å². The number of likely N-dealkylation sites (N-methyl/N-ethyl adjacent to an activating group) is 1. The monoisotopic (exact) mass is 509 g/mol. The molecule has 0 saturated carbocycles. The Morgan fingerprint density at radius 3 is 2.65 bits per heavy atom. The summed E-state index contributed by atoms with van der Waals surface area (Å²) < 4.78 is 43.2. The number of rotatable bonds is 5. The molecule has 1 aliphatic heterocycles. The van der Waals surface area contributed by atoms with Crippen LogP contribution in [0.3, 0.4) is 0 Å². The van der Waals surface area contributed by atoms with Crippen LogP contribution >= 0.6 is 11.6 Å². The van der Waals surface area contributed by atoms with Crippen molar-refractivity contribution in [2.24, 2.45) is 7.05 Å². The summed E-state index contributed by atoms with van der Waals surface area (Å²) in [5.41, 5.74) is 0.00574. The molecule has 1 saturated heterocycles. The predicted molar refractivity (Wildman–Crippen MR) is 122 cm³/mol. The zero-order valence-electron chi connectivity index (χ0n) is 18.2. The van der Waals surface area contributed by atoms with E-state index in [0.29, 0.717) is 6.42 Å². The van der Waals surface area contributed by atoms with Crippen molar-refractivity contribution in [1.29, 1.82) is 0 Å². The fraction of sp³-hybridized carbons (Fsp3) is 0.286. The van der Waals surface area contributed by atoms with E-state index in [4.69, 9.17) is 18.0 Å². The van der Waals surface area contributed by atoms with Gasteiger partial charge in [-0.2, -0.15) is 0 Å². The zero-order chi connectivity index (χ0) is 25.2. The van der Waals surface area contributed by atoms with Gasteiger partial charge in [0.05, 0.1) is 10.6 Å². The number of terminal acetylenes is 1. The molecule has 3 N–H and O–H groups in total. The smallest absolute Gasteiger partial charge is 0.311 e. The topological polar surface area (TPSA) is 130 Å². The summed E-state index contributed by atoms with van der Waals surface area (Å²) in [4.78, 5) is 37.2. The molecule has 10 nitrogen and oxygen atoms in total. The maximum absolute atomic E-state index is 13.6. The van der Waals surface area contributed by atoms with Gasteiger partial charge in [-0.05, 0) is 24.6 Å². The Balaban J connectivity index is 1.77. The molecule has 0 bridgehead atoms. The van der Waals surface area contributed by atoms with E-state index >= 15 is 0 Å². The van der Waals surface area contributed by atoms with Crippen LogP contribution in [0.1, 0.15) is 22.5 Å². The van der Waals surface area contributed by atoms with Crippen molar-refractivity contribution in [3.05, 3.63) is 46.5 Å². The molecule has 1 aromatic carbocycles. The number of carbonyl (C=O) groups excluding carboxylic acids is 3. The number of aryl methyl sites for hydroxylation is 1. The third-order valence-electron chi connectivity index (χ3n) is 5.19. The number of aromatic nitrogens is 1. The van der Waals surface area contributed by atoms with Gasteiger partial charge >= 0.3 is 11.8 Å². The number of nitrogens with zero attached hydrogens (tertiary/aromatic N) is 2. The van der Waals surface area contributed by atoms with Gasteiger partial charge in [0.1, 0.15) is 16.4 Å². The normalized spacial score (nSPS) is 15.6. The number of nitrogens with one attached hydrogen (secondary N) is 3. The Labute approximate surface area is 200 Å². The standard InChI is InChI=1S/C21H21ClFN5O5S/c1-4-12-9-13(5-6-15(12)23)25-19(29)18-17(22)16(11-27(18)3)34(32,33)26-14-7-8-28(10-14)21(31)20(30)24-2/h1,5-6,9,11,14,26H,7-8,10H2,2-3H3,(H,24,30)(H,25,29)/t14-/m1/s1. The molecule has 2 heterocycles.